The third-order valence-electron chi connectivity index (χ3n) is 12.6. The number of aromatic hydroxyl groups is 3. The predicted octanol–water partition coefficient (Wildman–Crippen LogP) is 6.14. The second kappa shape index (κ2) is 19.8. The Hall–Kier alpha value is -5.94. The van der Waals surface area contributed by atoms with Gasteiger partial charge in [-0.3, -0.25) is 19.4 Å². The summed E-state index contributed by atoms with van der Waals surface area (Å²) in [6.07, 6.45) is 3.51. The van der Waals surface area contributed by atoms with Crippen LogP contribution in [0.3, 0.4) is 0 Å². The first-order valence-electron chi connectivity index (χ1n) is 21.2. The van der Waals surface area contributed by atoms with E-state index >= 15 is 0 Å². The van der Waals surface area contributed by atoms with Gasteiger partial charge in [0.2, 0.25) is 0 Å². The van der Waals surface area contributed by atoms with Gasteiger partial charge in [-0.15, -0.1) is 0 Å². The lowest BCUT2D eigenvalue weighted by atomic mass is 9.78. The third kappa shape index (κ3) is 9.60. The number of nitrogens with one attached hydrogen (secondary N) is 1. The molecule has 0 spiro atoms. The van der Waals surface area contributed by atoms with Gasteiger partial charge in [-0.1, -0.05) is 76.3 Å². The monoisotopic (exact) mass is 887 g/mol. The number of phenols is 3. The molecule has 3 aliphatic heterocycles. The number of carbonyl (C=O) groups excluding carboxylic acids is 3. The number of aliphatic hydroxyl groups is 3. The number of hydrogen-bond donors (Lipinski definition) is 7. The summed E-state index contributed by atoms with van der Waals surface area (Å²) in [6.45, 7) is 14.1. The second-order valence-electron chi connectivity index (χ2n) is 17.0. The molecule has 5 bridgehead atoms. The molecule has 64 heavy (non-hydrogen) atoms. The van der Waals surface area contributed by atoms with Gasteiger partial charge < -0.3 is 54.9 Å². The van der Waals surface area contributed by atoms with E-state index in [-0.39, 0.29) is 44.5 Å². The number of benzene rings is 3. The highest BCUT2D eigenvalue weighted by Crippen LogP contribution is 2.55. The van der Waals surface area contributed by atoms with Crippen molar-refractivity contribution in [2.75, 3.05) is 19.5 Å². The maximum Gasteiger partial charge on any atom is 0.312 e. The normalized spacial score (nSPS) is 27.8. The van der Waals surface area contributed by atoms with Crippen molar-refractivity contribution in [3.05, 3.63) is 88.7 Å². The molecule has 3 aromatic rings. The number of amides is 1. The molecule has 0 fully saturated rings. The molecule has 0 saturated carbocycles. The number of carbonyl (C=O) groups is 3. The Morgan fingerprint density at radius 1 is 0.953 bits per heavy atom. The lowest BCUT2D eigenvalue weighted by molar-refractivity contribution is -0.160. The van der Waals surface area contributed by atoms with E-state index in [1.807, 2.05) is 6.07 Å². The van der Waals surface area contributed by atoms with Crippen molar-refractivity contribution in [3.8, 4) is 23.0 Å². The van der Waals surface area contributed by atoms with E-state index in [0.29, 0.717) is 5.56 Å². The highest BCUT2D eigenvalue weighted by atomic mass is 16.7. The summed E-state index contributed by atoms with van der Waals surface area (Å²) in [5.41, 5.74) is -0.0862. The van der Waals surface area contributed by atoms with E-state index in [9.17, 15) is 45.0 Å². The van der Waals surface area contributed by atoms with E-state index in [2.05, 4.69) is 10.4 Å². The Morgan fingerprint density at radius 2 is 1.61 bits per heavy atom. The molecule has 1 amide bonds. The number of Topliss-reactive ketones (excluding diaryl/α,β-unsaturated/α-hetero) is 1. The van der Waals surface area contributed by atoms with E-state index in [0.717, 1.165) is 6.21 Å². The largest absolute Gasteiger partial charge is 0.507 e. The van der Waals surface area contributed by atoms with Crippen LogP contribution in [0, 0.1) is 30.6 Å². The zero-order valence-electron chi connectivity index (χ0n) is 38.1. The van der Waals surface area contributed by atoms with Gasteiger partial charge in [0.15, 0.2) is 5.75 Å². The number of ketones is 1. The molecule has 6 rings (SSSR count). The molecule has 0 unspecified atom stereocenters. The molecular weight excluding hydrogens is 827 g/mol. The average Bonchev–Trinajstić information content (AvgIpc) is 3.53. The number of likely N-dealkylation sites (N-methyl/N-ethyl adjacent to an activating group) is 1. The zero-order chi connectivity index (χ0) is 47.5. The fourth-order valence-electron chi connectivity index (χ4n) is 8.26. The fourth-order valence-corrected chi connectivity index (χ4v) is 8.26. The van der Waals surface area contributed by atoms with Gasteiger partial charge >= 0.3 is 11.8 Å². The van der Waals surface area contributed by atoms with Crippen LogP contribution >= 0.6 is 0 Å². The average molecular weight is 888 g/mol. The summed E-state index contributed by atoms with van der Waals surface area (Å²) in [4.78, 5) is 40.8. The van der Waals surface area contributed by atoms with Crippen molar-refractivity contribution in [3.63, 3.8) is 0 Å². The fraction of sp³-hybridized carbons (Fsp3) is 0.458. The minimum Gasteiger partial charge on any atom is -0.507 e. The van der Waals surface area contributed by atoms with Crippen LogP contribution in [0.5, 0.6) is 23.0 Å². The van der Waals surface area contributed by atoms with E-state index in [1.165, 1.54) is 58.2 Å². The van der Waals surface area contributed by atoms with Crippen LogP contribution in [0.1, 0.15) is 88.5 Å². The molecule has 3 heterocycles. The molecule has 0 saturated heterocycles. The van der Waals surface area contributed by atoms with Crippen molar-refractivity contribution in [1.82, 2.24) is 5.01 Å². The molecule has 3 aliphatic rings. The van der Waals surface area contributed by atoms with Gasteiger partial charge in [-0.25, -0.2) is 0 Å². The minimum absolute atomic E-state index is 0.0152. The quantitative estimate of drug-likeness (QED) is 0.0464. The number of anilines is 1. The van der Waals surface area contributed by atoms with E-state index in [1.54, 1.807) is 78.1 Å². The van der Waals surface area contributed by atoms with Crippen LogP contribution in [0.2, 0.25) is 0 Å². The maximum atomic E-state index is 14.5. The Labute approximate surface area is 373 Å². The van der Waals surface area contributed by atoms with Crippen LogP contribution in [0.15, 0.2) is 71.6 Å². The molecule has 16 heteroatoms. The van der Waals surface area contributed by atoms with Crippen LogP contribution in [-0.4, -0.2) is 110 Å². The molecule has 0 aliphatic carbocycles. The summed E-state index contributed by atoms with van der Waals surface area (Å²) in [5, 5.41) is 77.8. The standard InChI is InChI=1S/C48H61N3O13/c1-23-16-15-17-24(2)47(60)50-37-32(22-49-51(10)29(7)41(56)31-18-13-12-14-19-31)42(57)34-35(43(37)58)40(55)28(6)45-36(34)46(59)48(9,64-45)62-21-20-33(61-11)25(3)44(63-30(8)52)27(5)39(54)26(4)38(23)53/h12-23,25-27,29,33,38-39,41,44,53-58H,1-11H3,(H,50,60)/t23-,25-,26-,27-,29+,33+,38-,39-,41-,44+,48-/m0/s1. The number of aliphatic hydroxyl groups excluding tert-OH is 3. The molecule has 346 valence electrons. The highest BCUT2D eigenvalue weighted by molar-refractivity contribution is 6.23. The number of methoxy groups -OCH3 is 1. The van der Waals surface area contributed by atoms with Gasteiger partial charge in [0, 0.05) is 68.2 Å². The number of fused-ring (bicyclic) bond motifs is 14. The van der Waals surface area contributed by atoms with Crippen molar-refractivity contribution < 1.29 is 64.0 Å². The van der Waals surface area contributed by atoms with E-state index < -0.39 is 101 Å². The minimum atomic E-state index is -2.09. The summed E-state index contributed by atoms with van der Waals surface area (Å²) in [5.74, 6) is -8.88. The molecule has 16 nitrogen and oxygen atoms in total. The predicted molar refractivity (Wildman–Crippen MR) is 240 cm³/mol. The molecule has 0 radical (unpaired) electrons. The number of hydrazone groups is 1. The first-order chi connectivity index (χ1) is 30.1. The lowest BCUT2D eigenvalue weighted by Crippen LogP contribution is -2.46. The number of nitrogens with zero attached hydrogens (tertiary/aromatic N) is 2. The number of ether oxygens (including phenoxy) is 4. The topological polar surface area (TPSA) is 237 Å². The Morgan fingerprint density at radius 3 is 2.23 bits per heavy atom. The van der Waals surface area contributed by atoms with E-state index in [4.69, 9.17) is 18.9 Å². The summed E-state index contributed by atoms with van der Waals surface area (Å²) in [7, 11) is 3.00. The number of esters is 1. The highest BCUT2D eigenvalue weighted by Gasteiger charge is 2.50. The van der Waals surface area contributed by atoms with Crippen molar-refractivity contribution in [2.24, 2.45) is 28.8 Å². The molecule has 11 atom stereocenters. The van der Waals surface area contributed by atoms with Crippen molar-refractivity contribution in [2.45, 2.75) is 105 Å². The Kier molecular flexibility index (Phi) is 15.2. The second-order valence-corrected chi connectivity index (χ2v) is 17.0. The van der Waals surface area contributed by atoms with Crippen LogP contribution in [0.25, 0.3) is 10.8 Å². The first kappa shape index (κ1) is 49.1. The zero-order valence-corrected chi connectivity index (χ0v) is 38.1. The molecular formula is C48H61N3O13. The van der Waals surface area contributed by atoms with Gasteiger partial charge in [-0.05, 0) is 32.4 Å². The summed E-state index contributed by atoms with van der Waals surface area (Å²) >= 11 is 0. The molecule has 3 aromatic carbocycles. The molecule has 7 N–H and O–H groups in total. The summed E-state index contributed by atoms with van der Waals surface area (Å²) in [6, 6.07) is 8.28. The lowest BCUT2D eigenvalue weighted by Gasteiger charge is -2.38. The number of hydrogen-bond acceptors (Lipinski definition) is 15. The SMILES string of the molecule is CO[C@@H]1C=CO[C@@]2(C)Oc3c(C)c(O)c4c(O)c(c(C=NN(C)[C@H](C)[C@H](O)c5ccccc5)c(O)c4c3C2=O)NC(=O)C(C)=CC=C[C@H](C)[C@H](O)[C@H](C)[C@H](O)[C@H](C)[C@H](OC(C)=O)[C@H]1C. The van der Waals surface area contributed by atoms with Crippen LogP contribution < -0.4 is 10.1 Å². The van der Waals surface area contributed by atoms with Gasteiger partial charge in [-0.2, -0.15) is 5.10 Å². The number of allylic oxidation sites excluding steroid dienone is 2. The van der Waals surface area contributed by atoms with Crippen LogP contribution in [-0.2, 0) is 23.8 Å². The Bertz CT molecular complexity index is 2360. The third-order valence-corrected chi connectivity index (χ3v) is 12.6. The Balaban J connectivity index is 1.71. The molecule has 0 aromatic heterocycles. The van der Waals surface area contributed by atoms with Crippen LogP contribution in [0.4, 0.5) is 5.69 Å². The number of rotatable bonds is 7. The van der Waals surface area contributed by atoms with Crippen molar-refractivity contribution in [1.29, 1.82) is 0 Å². The van der Waals surface area contributed by atoms with Gasteiger partial charge in [0.1, 0.15) is 29.5 Å². The maximum absolute atomic E-state index is 14.5. The van der Waals surface area contributed by atoms with Crippen molar-refractivity contribution >= 4 is 40.3 Å². The smallest absolute Gasteiger partial charge is 0.312 e. The summed E-state index contributed by atoms with van der Waals surface area (Å²) < 4.78 is 23.6. The first-order valence-corrected chi connectivity index (χ1v) is 21.2. The van der Waals surface area contributed by atoms with Gasteiger partial charge in [0.05, 0.1) is 59.0 Å². The number of phenolic OH excluding ortho intramolecular Hbond substituents is 3. The van der Waals surface area contributed by atoms with Gasteiger partial charge in [0.25, 0.3) is 11.7 Å².